The predicted octanol–water partition coefficient (Wildman–Crippen LogP) is 4.98. The second-order valence-electron chi connectivity index (χ2n) is 9.28. The summed E-state index contributed by atoms with van der Waals surface area (Å²) in [6.07, 6.45) is 5.58. The molecule has 0 aliphatic carbocycles. The Bertz CT molecular complexity index is 1310. The first-order valence-corrected chi connectivity index (χ1v) is 13.2. The van der Waals surface area contributed by atoms with Crippen LogP contribution in [0.4, 0.5) is 5.82 Å². The van der Waals surface area contributed by atoms with Gasteiger partial charge >= 0.3 is 0 Å². The third-order valence-corrected chi connectivity index (χ3v) is 6.03. The Hall–Kier alpha value is -4.37. The fourth-order valence-electron chi connectivity index (χ4n) is 3.97. The van der Waals surface area contributed by atoms with Crippen LogP contribution in [0.15, 0.2) is 73.3 Å². The molecule has 1 fully saturated rings. The van der Waals surface area contributed by atoms with Crippen molar-refractivity contribution in [3.05, 3.63) is 90.0 Å². The summed E-state index contributed by atoms with van der Waals surface area (Å²) in [5.41, 5.74) is 14.5. The van der Waals surface area contributed by atoms with E-state index in [1.807, 2.05) is 63.3 Å². The molecule has 1 aliphatic heterocycles. The zero-order chi connectivity index (χ0) is 29.7. The molecule has 214 valence electrons. The highest BCUT2D eigenvalue weighted by Gasteiger charge is 2.35. The van der Waals surface area contributed by atoms with Crippen LogP contribution in [0, 0.1) is 5.41 Å². The average molecular weight is 548 g/mol. The highest BCUT2D eigenvalue weighted by atomic mass is 16.5. The number of nitrogens with zero attached hydrogens (tertiary/aromatic N) is 2. The lowest BCUT2D eigenvalue weighted by Crippen LogP contribution is -2.43. The molecule has 0 bridgehead atoms. The molecule has 0 spiro atoms. The summed E-state index contributed by atoms with van der Waals surface area (Å²) in [5.74, 6) is -0.0944. The SMILES string of the molecule is C=C/C=C\C.CC.COc1ccccc1C(=O)NCc1ccc(-c2nn(CC3(C)COC3)c(N)c2C(N)=O)cc1. The smallest absolute Gasteiger partial charge is 0.255 e. The monoisotopic (exact) mass is 547 g/mol. The van der Waals surface area contributed by atoms with Gasteiger partial charge in [-0.25, -0.2) is 4.68 Å². The van der Waals surface area contributed by atoms with Gasteiger partial charge < -0.3 is 26.3 Å². The minimum Gasteiger partial charge on any atom is -0.496 e. The number of ether oxygens (including phenoxy) is 2. The van der Waals surface area contributed by atoms with Crippen LogP contribution in [0.3, 0.4) is 0 Å². The number of anilines is 1. The number of allylic oxidation sites excluding steroid dienone is 3. The van der Waals surface area contributed by atoms with Crippen LogP contribution in [0.5, 0.6) is 5.75 Å². The Balaban J connectivity index is 0.000000722. The van der Waals surface area contributed by atoms with Crippen molar-refractivity contribution in [1.82, 2.24) is 15.1 Å². The number of amides is 2. The Morgan fingerprint density at radius 2 is 1.82 bits per heavy atom. The number of nitrogens with two attached hydrogens (primary N) is 2. The van der Waals surface area contributed by atoms with Crippen LogP contribution in [0.25, 0.3) is 11.3 Å². The zero-order valence-corrected chi connectivity index (χ0v) is 24.1. The summed E-state index contributed by atoms with van der Waals surface area (Å²) in [6.45, 7) is 13.6. The highest BCUT2D eigenvalue weighted by molar-refractivity contribution is 6.03. The van der Waals surface area contributed by atoms with E-state index in [1.54, 1.807) is 29.0 Å². The summed E-state index contributed by atoms with van der Waals surface area (Å²) < 4.78 is 12.2. The molecule has 4 rings (SSSR count). The van der Waals surface area contributed by atoms with Crippen LogP contribution < -0.4 is 21.5 Å². The van der Waals surface area contributed by atoms with Gasteiger partial charge in [0.25, 0.3) is 11.8 Å². The lowest BCUT2D eigenvalue weighted by atomic mass is 9.89. The van der Waals surface area contributed by atoms with Crippen molar-refractivity contribution in [2.45, 2.75) is 40.8 Å². The van der Waals surface area contributed by atoms with Crippen molar-refractivity contribution < 1.29 is 19.1 Å². The van der Waals surface area contributed by atoms with E-state index in [4.69, 9.17) is 20.9 Å². The summed E-state index contributed by atoms with van der Waals surface area (Å²) in [6, 6.07) is 14.4. The Labute approximate surface area is 236 Å². The molecule has 0 radical (unpaired) electrons. The summed E-state index contributed by atoms with van der Waals surface area (Å²) in [5, 5.41) is 7.47. The van der Waals surface area contributed by atoms with Gasteiger partial charge in [-0.15, -0.1) is 0 Å². The van der Waals surface area contributed by atoms with E-state index in [-0.39, 0.29) is 22.7 Å². The van der Waals surface area contributed by atoms with E-state index in [0.717, 1.165) is 5.56 Å². The molecule has 1 aliphatic rings. The quantitative estimate of drug-likeness (QED) is 0.324. The summed E-state index contributed by atoms with van der Waals surface area (Å²) in [4.78, 5) is 24.6. The molecule has 2 amide bonds. The fourth-order valence-corrected chi connectivity index (χ4v) is 3.97. The van der Waals surface area contributed by atoms with Gasteiger partial charge in [0.05, 0.1) is 32.4 Å². The van der Waals surface area contributed by atoms with Crippen molar-refractivity contribution in [3.63, 3.8) is 0 Å². The molecule has 9 heteroatoms. The van der Waals surface area contributed by atoms with E-state index >= 15 is 0 Å². The van der Waals surface area contributed by atoms with E-state index in [0.29, 0.717) is 48.9 Å². The number of primary amides is 1. The number of nitrogen functional groups attached to an aromatic ring is 1. The van der Waals surface area contributed by atoms with Crippen LogP contribution >= 0.6 is 0 Å². The van der Waals surface area contributed by atoms with E-state index in [2.05, 4.69) is 23.9 Å². The number of benzene rings is 2. The number of para-hydroxylation sites is 1. The highest BCUT2D eigenvalue weighted by Crippen LogP contribution is 2.33. The van der Waals surface area contributed by atoms with Crippen LogP contribution in [0.1, 0.15) is 54.0 Å². The molecular weight excluding hydrogens is 506 g/mol. The van der Waals surface area contributed by atoms with Crippen LogP contribution in [-0.4, -0.2) is 41.9 Å². The van der Waals surface area contributed by atoms with Gasteiger partial charge in [-0.05, 0) is 24.6 Å². The molecule has 5 N–H and O–H groups in total. The minimum atomic E-state index is -0.628. The number of hydrogen-bond donors (Lipinski definition) is 3. The Morgan fingerprint density at radius 3 is 2.33 bits per heavy atom. The fraction of sp³-hybridized carbons (Fsp3) is 0.323. The molecule has 1 aromatic heterocycles. The first-order chi connectivity index (χ1) is 19.2. The maximum atomic E-state index is 12.5. The van der Waals surface area contributed by atoms with Gasteiger partial charge in [-0.3, -0.25) is 9.59 Å². The third kappa shape index (κ3) is 8.07. The van der Waals surface area contributed by atoms with E-state index in [1.165, 1.54) is 7.11 Å². The van der Waals surface area contributed by atoms with Gasteiger partial charge in [-0.2, -0.15) is 5.10 Å². The summed E-state index contributed by atoms with van der Waals surface area (Å²) >= 11 is 0. The number of aromatic nitrogens is 2. The largest absolute Gasteiger partial charge is 0.496 e. The lowest BCUT2D eigenvalue weighted by molar-refractivity contribution is -0.111. The van der Waals surface area contributed by atoms with Crippen molar-refractivity contribution in [3.8, 4) is 17.0 Å². The van der Waals surface area contributed by atoms with Crippen LogP contribution in [0.2, 0.25) is 0 Å². The number of hydrogen-bond acceptors (Lipinski definition) is 6. The molecule has 0 unspecified atom stereocenters. The topological polar surface area (TPSA) is 134 Å². The first-order valence-electron chi connectivity index (χ1n) is 13.2. The number of methoxy groups -OCH3 is 1. The van der Waals surface area contributed by atoms with E-state index in [9.17, 15) is 9.59 Å². The maximum Gasteiger partial charge on any atom is 0.255 e. The second kappa shape index (κ2) is 15.3. The molecule has 9 nitrogen and oxygen atoms in total. The molecule has 40 heavy (non-hydrogen) atoms. The minimum absolute atomic E-state index is 0.0736. The Morgan fingerprint density at radius 1 is 1.18 bits per heavy atom. The number of carbonyl (C=O) groups excluding carboxylic acids is 2. The molecule has 2 aromatic carbocycles. The second-order valence-corrected chi connectivity index (χ2v) is 9.28. The van der Waals surface area contributed by atoms with Gasteiger partial charge in [0.15, 0.2) is 0 Å². The van der Waals surface area contributed by atoms with Crippen molar-refractivity contribution in [2.24, 2.45) is 11.1 Å². The first kappa shape index (κ1) is 31.8. The average Bonchev–Trinajstić information content (AvgIpc) is 3.28. The van der Waals surface area contributed by atoms with Crippen molar-refractivity contribution in [1.29, 1.82) is 0 Å². The normalized spacial score (nSPS) is 13.1. The third-order valence-electron chi connectivity index (χ3n) is 6.03. The number of rotatable bonds is 9. The van der Waals surface area contributed by atoms with Crippen LogP contribution in [-0.2, 0) is 17.8 Å². The van der Waals surface area contributed by atoms with Gasteiger partial charge in [0, 0.05) is 17.5 Å². The maximum absolute atomic E-state index is 12.5. The van der Waals surface area contributed by atoms with Crippen molar-refractivity contribution >= 4 is 17.6 Å². The molecule has 1 saturated heterocycles. The molecule has 0 saturated carbocycles. The number of nitrogens with one attached hydrogen (secondary N) is 1. The van der Waals surface area contributed by atoms with E-state index < -0.39 is 5.91 Å². The lowest BCUT2D eigenvalue weighted by Gasteiger charge is -2.37. The molecule has 2 heterocycles. The molecule has 3 aromatic rings. The molecular formula is C31H41N5O4. The van der Waals surface area contributed by atoms with Gasteiger partial charge in [0.2, 0.25) is 0 Å². The molecule has 0 atom stereocenters. The summed E-state index contributed by atoms with van der Waals surface area (Å²) in [7, 11) is 1.53. The standard InChI is InChI=1S/C24H27N5O4.C5H8.C2H6/c1-24(13-33-14-24)12-29-21(25)19(22(26)30)20(28-29)16-9-7-15(8-10-16)11-27-23(31)17-5-3-4-6-18(17)32-2;1-3-5-4-2;1-2/h3-10H,11-14,25H2,1-2H3,(H2,26,30)(H,27,31);3-5H,1H2,2H3;1-2H3/b;5-4-;. The zero-order valence-electron chi connectivity index (χ0n) is 24.1. The van der Waals surface area contributed by atoms with Gasteiger partial charge in [0.1, 0.15) is 22.8 Å². The van der Waals surface area contributed by atoms with Crippen molar-refractivity contribution in [2.75, 3.05) is 26.1 Å². The Kier molecular flexibility index (Phi) is 12.2. The predicted molar refractivity (Wildman–Crippen MR) is 160 cm³/mol. The number of carbonyl (C=O) groups is 2. The van der Waals surface area contributed by atoms with Gasteiger partial charge in [-0.1, -0.05) is 82.0 Å².